The number of aliphatic hydroxyl groups is 1. The van der Waals surface area contributed by atoms with E-state index in [9.17, 15) is 24.3 Å². The van der Waals surface area contributed by atoms with E-state index in [4.69, 9.17) is 21.1 Å². The molecule has 4 unspecified atom stereocenters. The Kier molecular flexibility index (Phi) is 12.8. The molecule has 0 bridgehead atoms. The molecule has 8 nitrogen and oxygen atoms in total. The van der Waals surface area contributed by atoms with Crippen molar-refractivity contribution in [1.29, 1.82) is 0 Å². The van der Waals surface area contributed by atoms with E-state index in [1.54, 1.807) is 6.08 Å². The number of allylic oxidation sites excluding steroid dienone is 4. The first-order chi connectivity index (χ1) is 16.0. The van der Waals surface area contributed by atoms with E-state index in [0.29, 0.717) is 12.8 Å². The minimum absolute atomic E-state index is 0.0814. The molecule has 4 atom stereocenters. The molecule has 0 spiro atoms. The van der Waals surface area contributed by atoms with Crippen molar-refractivity contribution in [3.63, 3.8) is 0 Å². The second kappa shape index (κ2) is 14.7. The lowest BCUT2D eigenvalue weighted by Crippen LogP contribution is -2.43. The second-order valence-electron chi connectivity index (χ2n) is 8.19. The van der Waals surface area contributed by atoms with Gasteiger partial charge in [0.15, 0.2) is 5.78 Å². The van der Waals surface area contributed by atoms with Crippen molar-refractivity contribution in [2.45, 2.75) is 83.5 Å². The number of esters is 3. The molecule has 0 fully saturated rings. The van der Waals surface area contributed by atoms with E-state index in [1.807, 2.05) is 25.2 Å². The lowest BCUT2D eigenvalue weighted by atomic mass is 9.81. The van der Waals surface area contributed by atoms with Gasteiger partial charge in [-0.1, -0.05) is 42.8 Å². The van der Waals surface area contributed by atoms with Crippen molar-refractivity contribution in [1.82, 2.24) is 0 Å². The van der Waals surface area contributed by atoms with Gasteiger partial charge in [0.05, 0.1) is 23.7 Å². The summed E-state index contributed by atoms with van der Waals surface area (Å²) in [4.78, 5) is 47.8. The van der Waals surface area contributed by atoms with E-state index in [1.165, 1.54) is 27.0 Å². The van der Waals surface area contributed by atoms with Crippen LogP contribution < -0.4 is 0 Å². The van der Waals surface area contributed by atoms with Gasteiger partial charge in [0.1, 0.15) is 12.2 Å². The maximum atomic E-state index is 12.8. The Balaban J connectivity index is 3.08. The number of carbonyl (C=O) groups excluding carboxylic acids is 4. The first-order valence-electron chi connectivity index (χ1n) is 11.4. The summed E-state index contributed by atoms with van der Waals surface area (Å²) in [5.74, 6) is -3.14. The standard InChI is InChI=1S/C25H35ClO8/c1-5-6-7-8-9-10-14-25(31)16-20(26)24(30)19(25)15-22(34-18(3)28)21(33-17(2)27)12-11-13-23(29)32-4/h6-7,9-10,16,19,21-22,31H,5,8,11-15H2,1-4H3. The van der Waals surface area contributed by atoms with Crippen LogP contribution in [0.15, 0.2) is 35.4 Å². The van der Waals surface area contributed by atoms with Crippen LogP contribution in [0, 0.1) is 5.92 Å². The lowest BCUT2D eigenvalue weighted by Gasteiger charge is -2.33. The van der Waals surface area contributed by atoms with Gasteiger partial charge in [0.25, 0.3) is 0 Å². The molecular formula is C25H35ClO8. The minimum atomic E-state index is -1.58. The molecule has 0 aromatic heterocycles. The summed E-state index contributed by atoms with van der Waals surface area (Å²) in [5, 5.41) is 11.2. The van der Waals surface area contributed by atoms with Crippen LogP contribution in [0.1, 0.15) is 65.7 Å². The van der Waals surface area contributed by atoms with Crippen molar-refractivity contribution in [2.24, 2.45) is 5.92 Å². The van der Waals surface area contributed by atoms with Gasteiger partial charge in [-0.25, -0.2) is 0 Å². The number of hydrogen-bond donors (Lipinski definition) is 1. The number of ketones is 1. The highest BCUT2D eigenvalue weighted by Gasteiger charge is 2.48. The molecule has 0 aliphatic heterocycles. The molecule has 1 aliphatic carbocycles. The van der Waals surface area contributed by atoms with Crippen molar-refractivity contribution in [3.8, 4) is 0 Å². The zero-order valence-electron chi connectivity index (χ0n) is 20.3. The highest BCUT2D eigenvalue weighted by Crippen LogP contribution is 2.40. The van der Waals surface area contributed by atoms with Crippen LogP contribution in [-0.4, -0.2) is 53.7 Å². The Hall–Kier alpha value is -2.45. The van der Waals surface area contributed by atoms with Gasteiger partial charge in [-0.05, 0) is 38.2 Å². The number of hydrogen-bond acceptors (Lipinski definition) is 8. The molecule has 1 rings (SSSR count). The summed E-state index contributed by atoms with van der Waals surface area (Å²) in [7, 11) is 1.27. The fourth-order valence-electron chi connectivity index (χ4n) is 3.81. The molecule has 0 saturated carbocycles. The molecule has 0 amide bonds. The van der Waals surface area contributed by atoms with Crippen molar-refractivity contribution < 1.29 is 38.5 Å². The normalized spacial score (nSPS) is 22.0. The van der Waals surface area contributed by atoms with Gasteiger partial charge in [-0.2, -0.15) is 0 Å². The third kappa shape index (κ3) is 9.81. The summed E-state index contributed by atoms with van der Waals surface area (Å²) in [6.45, 7) is 4.45. The van der Waals surface area contributed by atoms with E-state index >= 15 is 0 Å². The minimum Gasteiger partial charge on any atom is -0.469 e. The predicted octanol–water partition coefficient (Wildman–Crippen LogP) is 3.94. The number of halogens is 1. The highest BCUT2D eigenvalue weighted by atomic mass is 35.5. The first-order valence-corrected chi connectivity index (χ1v) is 11.8. The molecule has 9 heteroatoms. The highest BCUT2D eigenvalue weighted by molar-refractivity contribution is 6.43. The van der Waals surface area contributed by atoms with Gasteiger partial charge in [-0.15, -0.1) is 0 Å². The molecular weight excluding hydrogens is 464 g/mol. The number of Topliss-reactive ketones (excluding diaryl/α,β-unsaturated/α-hetero) is 1. The third-order valence-electron chi connectivity index (χ3n) is 5.43. The Bertz CT molecular complexity index is 816. The molecule has 0 heterocycles. The Morgan fingerprint density at radius 1 is 1.12 bits per heavy atom. The summed E-state index contributed by atoms with van der Waals surface area (Å²) in [5.41, 5.74) is -1.58. The molecule has 34 heavy (non-hydrogen) atoms. The topological polar surface area (TPSA) is 116 Å². The van der Waals surface area contributed by atoms with E-state index in [2.05, 4.69) is 4.74 Å². The van der Waals surface area contributed by atoms with Gasteiger partial charge < -0.3 is 19.3 Å². The van der Waals surface area contributed by atoms with Crippen LogP contribution >= 0.6 is 11.6 Å². The maximum absolute atomic E-state index is 12.8. The van der Waals surface area contributed by atoms with Crippen molar-refractivity contribution in [3.05, 3.63) is 35.4 Å². The van der Waals surface area contributed by atoms with Gasteiger partial charge >= 0.3 is 17.9 Å². The summed E-state index contributed by atoms with van der Waals surface area (Å²) in [6, 6.07) is 0. The van der Waals surface area contributed by atoms with Crippen LogP contribution in [0.3, 0.4) is 0 Å². The van der Waals surface area contributed by atoms with E-state index < -0.39 is 47.4 Å². The Morgan fingerprint density at radius 3 is 2.32 bits per heavy atom. The quantitative estimate of drug-likeness (QED) is 0.217. The van der Waals surface area contributed by atoms with Gasteiger partial charge in [0.2, 0.25) is 0 Å². The smallest absolute Gasteiger partial charge is 0.305 e. The summed E-state index contributed by atoms with van der Waals surface area (Å²) in [6.07, 6.45) is 9.25. The third-order valence-corrected chi connectivity index (χ3v) is 5.73. The Labute approximate surface area is 206 Å². The van der Waals surface area contributed by atoms with Crippen molar-refractivity contribution >= 4 is 35.3 Å². The van der Waals surface area contributed by atoms with Gasteiger partial charge in [0, 0.05) is 26.7 Å². The molecule has 0 aromatic carbocycles. The van der Waals surface area contributed by atoms with Crippen LogP contribution in [0.2, 0.25) is 0 Å². The SMILES string of the molecule is CCC=CCC=CCC1(O)C=C(Cl)C(=O)C1CC(OC(C)=O)C(CCCC(=O)OC)OC(C)=O. The fourth-order valence-corrected chi connectivity index (χ4v) is 4.13. The number of carbonyl (C=O) groups is 4. The molecule has 1 N–H and O–H groups in total. The average Bonchev–Trinajstić information content (AvgIpc) is 2.97. The zero-order valence-corrected chi connectivity index (χ0v) is 21.0. The maximum Gasteiger partial charge on any atom is 0.305 e. The zero-order chi connectivity index (χ0) is 25.7. The molecule has 0 aromatic rings. The average molecular weight is 499 g/mol. The molecule has 1 aliphatic rings. The van der Waals surface area contributed by atoms with Crippen LogP contribution in [-0.2, 0) is 33.4 Å². The van der Waals surface area contributed by atoms with Crippen LogP contribution in [0.5, 0.6) is 0 Å². The number of ether oxygens (including phenoxy) is 3. The summed E-state index contributed by atoms with van der Waals surface area (Å²) < 4.78 is 15.4. The Morgan fingerprint density at radius 2 is 1.74 bits per heavy atom. The fraction of sp³-hybridized carbons (Fsp3) is 0.600. The largest absolute Gasteiger partial charge is 0.469 e. The predicted molar refractivity (Wildman–Crippen MR) is 127 cm³/mol. The summed E-state index contributed by atoms with van der Waals surface area (Å²) >= 11 is 6.08. The second-order valence-corrected chi connectivity index (χ2v) is 8.60. The number of methoxy groups -OCH3 is 1. The van der Waals surface area contributed by atoms with Crippen LogP contribution in [0.4, 0.5) is 0 Å². The molecule has 0 saturated heterocycles. The van der Waals surface area contributed by atoms with Crippen molar-refractivity contribution in [2.75, 3.05) is 7.11 Å². The van der Waals surface area contributed by atoms with E-state index in [0.717, 1.165) is 6.42 Å². The van der Waals surface area contributed by atoms with Crippen LogP contribution in [0.25, 0.3) is 0 Å². The molecule has 190 valence electrons. The molecule has 0 radical (unpaired) electrons. The van der Waals surface area contributed by atoms with E-state index in [-0.39, 0.29) is 30.7 Å². The van der Waals surface area contributed by atoms with Gasteiger partial charge in [-0.3, -0.25) is 19.2 Å². The lowest BCUT2D eigenvalue weighted by molar-refractivity contribution is -0.169. The monoisotopic (exact) mass is 498 g/mol. The first kappa shape index (κ1) is 29.6. The number of rotatable bonds is 14.